The van der Waals surface area contributed by atoms with E-state index in [0.717, 1.165) is 54.2 Å². The molecule has 4 rings (SSSR count). The Balaban J connectivity index is 1.60. The molecule has 0 unspecified atom stereocenters. The van der Waals surface area contributed by atoms with Crippen LogP contribution in [0.5, 0.6) is 23.0 Å². The molecule has 1 heterocycles. The lowest BCUT2D eigenvalue weighted by atomic mass is 9.97. The van der Waals surface area contributed by atoms with Crippen molar-refractivity contribution in [3.63, 3.8) is 0 Å². The zero-order valence-corrected chi connectivity index (χ0v) is 20.0. The number of methoxy groups -OCH3 is 3. The number of hydrogen-bond donors (Lipinski definition) is 0. The first-order valence-electron chi connectivity index (χ1n) is 11.5. The molecule has 0 fully saturated rings. The minimum atomic E-state index is 0.511. The van der Waals surface area contributed by atoms with Gasteiger partial charge in [0.25, 0.3) is 0 Å². The maximum atomic E-state index is 6.16. The summed E-state index contributed by atoms with van der Waals surface area (Å²) >= 11 is 0. The Kier molecular flexibility index (Phi) is 7.40. The van der Waals surface area contributed by atoms with Crippen LogP contribution in [0.1, 0.15) is 30.4 Å². The summed E-state index contributed by atoms with van der Waals surface area (Å²) in [7, 11) is 5.01. The van der Waals surface area contributed by atoms with Crippen LogP contribution in [-0.2, 0) is 6.54 Å². The topological polar surface area (TPSA) is 40.2 Å². The van der Waals surface area contributed by atoms with E-state index in [1.165, 1.54) is 5.56 Å². The standard InChI is InChI=1S/C28H33NO4/c1-20(21-9-6-5-7-10-21)13-14-29-15-16-33-27-23(19-29)17-22(18-26(27)31-3)24-11-8-12-25(30-2)28(24)32-4/h5-12,17-18,20H,13-16,19H2,1-4H3/t20-/m1/s1. The number of benzene rings is 3. The molecule has 5 nitrogen and oxygen atoms in total. The summed E-state index contributed by atoms with van der Waals surface area (Å²) in [5.41, 5.74) is 4.49. The zero-order valence-electron chi connectivity index (χ0n) is 20.0. The largest absolute Gasteiger partial charge is 0.493 e. The van der Waals surface area contributed by atoms with E-state index in [4.69, 9.17) is 18.9 Å². The van der Waals surface area contributed by atoms with Crippen molar-refractivity contribution in [1.82, 2.24) is 4.90 Å². The van der Waals surface area contributed by atoms with Gasteiger partial charge in [0.15, 0.2) is 23.0 Å². The Hall–Kier alpha value is -3.18. The molecule has 0 bridgehead atoms. The molecule has 3 aromatic rings. The van der Waals surface area contributed by atoms with Crippen molar-refractivity contribution in [2.24, 2.45) is 0 Å². The van der Waals surface area contributed by atoms with Crippen LogP contribution in [0.3, 0.4) is 0 Å². The fourth-order valence-corrected chi connectivity index (χ4v) is 4.47. The quantitative estimate of drug-likeness (QED) is 0.439. The van der Waals surface area contributed by atoms with Gasteiger partial charge in [0.1, 0.15) is 6.61 Å². The van der Waals surface area contributed by atoms with Crippen LogP contribution in [0.15, 0.2) is 60.7 Å². The first-order valence-corrected chi connectivity index (χ1v) is 11.5. The third-order valence-corrected chi connectivity index (χ3v) is 6.36. The highest BCUT2D eigenvalue weighted by Gasteiger charge is 2.22. The second-order valence-electron chi connectivity index (χ2n) is 8.43. The zero-order chi connectivity index (χ0) is 23.2. The molecular formula is C28H33NO4. The average molecular weight is 448 g/mol. The lowest BCUT2D eigenvalue weighted by molar-refractivity contribution is 0.218. The van der Waals surface area contributed by atoms with Gasteiger partial charge in [0.2, 0.25) is 0 Å². The predicted octanol–water partition coefficient (Wildman–Crippen LogP) is 5.77. The Morgan fingerprint density at radius 3 is 2.42 bits per heavy atom. The molecule has 174 valence electrons. The highest BCUT2D eigenvalue weighted by molar-refractivity contribution is 5.77. The summed E-state index contributed by atoms with van der Waals surface area (Å²) in [6.07, 6.45) is 1.10. The van der Waals surface area contributed by atoms with Crippen molar-refractivity contribution in [3.8, 4) is 34.1 Å². The van der Waals surface area contributed by atoms with E-state index in [-0.39, 0.29) is 0 Å². The minimum Gasteiger partial charge on any atom is -0.493 e. The van der Waals surface area contributed by atoms with E-state index in [1.54, 1.807) is 21.3 Å². The molecule has 3 aromatic carbocycles. The van der Waals surface area contributed by atoms with Crippen LogP contribution in [0.2, 0.25) is 0 Å². The predicted molar refractivity (Wildman–Crippen MR) is 132 cm³/mol. The molecule has 0 aliphatic carbocycles. The number of ether oxygens (including phenoxy) is 4. The SMILES string of the molecule is COc1cc(-c2cccc(OC)c2OC)cc2c1OCCN(CC[C@@H](C)c1ccccc1)C2. The van der Waals surface area contributed by atoms with Gasteiger partial charge in [-0.15, -0.1) is 0 Å². The number of nitrogens with zero attached hydrogens (tertiary/aromatic N) is 1. The van der Waals surface area contributed by atoms with E-state index in [1.807, 2.05) is 24.3 Å². The second-order valence-corrected chi connectivity index (χ2v) is 8.43. The minimum absolute atomic E-state index is 0.511. The van der Waals surface area contributed by atoms with E-state index >= 15 is 0 Å². The molecule has 0 N–H and O–H groups in total. The number of fused-ring (bicyclic) bond motifs is 1. The Morgan fingerprint density at radius 1 is 0.909 bits per heavy atom. The molecule has 1 aliphatic rings. The number of para-hydroxylation sites is 1. The van der Waals surface area contributed by atoms with Gasteiger partial charge >= 0.3 is 0 Å². The Bertz CT molecular complexity index is 1070. The number of hydrogen-bond acceptors (Lipinski definition) is 5. The fraction of sp³-hybridized carbons (Fsp3) is 0.357. The van der Waals surface area contributed by atoms with Crippen LogP contribution < -0.4 is 18.9 Å². The van der Waals surface area contributed by atoms with Gasteiger partial charge in [-0.2, -0.15) is 0 Å². The molecular weight excluding hydrogens is 414 g/mol. The molecule has 0 saturated carbocycles. The molecule has 1 atom stereocenters. The maximum absolute atomic E-state index is 6.16. The average Bonchev–Trinajstić information content (AvgIpc) is 3.08. The summed E-state index contributed by atoms with van der Waals surface area (Å²) in [5, 5.41) is 0. The summed E-state index contributed by atoms with van der Waals surface area (Å²) in [4.78, 5) is 2.47. The lowest BCUT2D eigenvalue weighted by Crippen LogP contribution is -2.27. The van der Waals surface area contributed by atoms with Crippen molar-refractivity contribution in [2.45, 2.75) is 25.8 Å². The summed E-state index contributed by atoms with van der Waals surface area (Å²) in [5.74, 6) is 3.51. The van der Waals surface area contributed by atoms with Gasteiger partial charge in [-0.3, -0.25) is 4.90 Å². The van der Waals surface area contributed by atoms with E-state index in [2.05, 4.69) is 48.2 Å². The molecule has 0 amide bonds. The van der Waals surface area contributed by atoms with Crippen molar-refractivity contribution in [3.05, 3.63) is 71.8 Å². The third kappa shape index (κ3) is 5.09. The molecule has 1 aliphatic heterocycles. The molecule has 33 heavy (non-hydrogen) atoms. The highest BCUT2D eigenvalue weighted by Crippen LogP contribution is 2.43. The van der Waals surface area contributed by atoms with Gasteiger partial charge in [0, 0.05) is 24.2 Å². The summed E-state index contributed by atoms with van der Waals surface area (Å²) in [6, 6.07) is 20.8. The molecule has 0 saturated heterocycles. The molecule has 0 radical (unpaired) electrons. The van der Waals surface area contributed by atoms with Crippen LogP contribution in [0, 0.1) is 0 Å². The van der Waals surface area contributed by atoms with Gasteiger partial charge in [0.05, 0.1) is 21.3 Å². The number of rotatable bonds is 8. The van der Waals surface area contributed by atoms with Crippen LogP contribution in [-0.4, -0.2) is 45.9 Å². The lowest BCUT2D eigenvalue weighted by Gasteiger charge is -2.22. The van der Waals surface area contributed by atoms with Crippen LogP contribution in [0.25, 0.3) is 11.1 Å². The van der Waals surface area contributed by atoms with E-state index in [0.29, 0.717) is 24.0 Å². The Labute approximate surface area is 196 Å². The first kappa shape index (κ1) is 23.0. The fourth-order valence-electron chi connectivity index (χ4n) is 4.47. The van der Waals surface area contributed by atoms with Crippen molar-refractivity contribution >= 4 is 0 Å². The summed E-state index contributed by atoms with van der Waals surface area (Å²) in [6.45, 7) is 5.65. The van der Waals surface area contributed by atoms with E-state index < -0.39 is 0 Å². The second kappa shape index (κ2) is 10.6. The van der Waals surface area contributed by atoms with Crippen molar-refractivity contribution in [1.29, 1.82) is 0 Å². The third-order valence-electron chi connectivity index (χ3n) is 6.36. The Morgan fingerprint density at radius 2 is 1.70 bits per heavy atom. The van der Waals surface area contributed by atoms with Crippen LogP contribution >= 0.6 is 0 Å². The maximum Gasteiger partial charge on any atom is 0.168 e. The first-order chi connectivity index (χ1) is 16.1. The molecule has 0 aromatic heterocycles. The molecule has 5 heteroatoms. The van der Waals surface area contributed by atoms with Crippen molar-refractivity contribution < 1.29 is 18.9 Å². The smallest absolute Gasteiger partial charge is 0.168 e. The van der Waals surface area contributed by atoms with E-state index in [9.17, 15) is 0 Å². The highest BCUT2D eigenvalue weighted by atomic mass is 16.5. The monoisotopic (exact) mass is 447 g/mol. The van der Waals surface area contributed by atoms with Gasteiger partial charge in [-0.1, -0.05) is 49.4 Å². The van der Waals surface area contributed by atoms with Gasteiger partial charge in [-0.25, -0.2) is 0 Å². The van der Waals surface area contributed by atoms with Gasteiger partial charge < -0.3 is 18.9 Å². The molecule has 0 spiro atoms. The van der Waals surface area contributed by atoms with Crippen molar-refractivity contribution in [2.75, 3.05) is 41.0 Å². The van der Waals surface area contributed by atoms with Gasteiger partial charge in [-0.05, 0) is 48.2 Å². The van der Waals surface area contributed by atoms with Crippen LogP contribution in [0.4, 0.5) is 0 Å². The summed E-state index contributed by atoms with van der Waals surface area (Å²) < 4.78 is 23.1. The normalized spacial score (nSPS) is 14.5.